The molecule has 0 bridgehead atoms. The summed E-state index contributed by atoms with van der Waals surface area (Å²) in [5, 5.41) is 18.6. The Labute approximate surface area is 109 Å². The van der Waals surface area contributed by atoms with Crippen LogP contribution in [0.4, 0.5) is 5.82 Å². The summed E-state index contributed by atoms with van der Waals surface area (Å²) in [7, 11) is 1.91. The average Bonchev–Trinajstić information content (AvgIpc) is 2.37. The Morgan fingerprint density at radius 2 is 1.89 bits per heavy atom. The van der Waals surface area contributed by atoms with Crippen molar-refractivity contribution in [2.75, 3.05) is 31.7 Å². The van der Waals surface area contributed by atoms with Crippen molar-refractivity contribution in [3.8, 4) is 0 Å². The van der Waals surface area contributed by atoms with Crippen LogP contribution in [0, 0.1) is 12.3 Å². The maximum atomic E-state index is 9.32. The summed E-state index contributed by atoms with van der Waals surface area (Å²) < 4.78 is 0. The molecule has 5 nitrogen and oxygen atoms in total. The molecule has 102 valence electrons. The smallest absolute Gasteiger partial charge is 0.132 e. The predicted molar refractivity (Wildman–Crippen MR) is 71.7 cm³/mol. The number of rotatable bonds is 6. The van der Waals surface area contributed by atoms with Crippen LogP contribution in [0.2, 0.25) is 0 Å². The van der Waals surface area contributed by atoms with E-state index in [1.807, 2.05) is 31.9 Å². The standard InChI is InChI=1S/C13H23N3O2/c1-5-11-6-12(15-10(2)14-11)16(4)7-13(3,8-17)9-18/h6,17-18H,5,7-9H2,1-4H3. The van der Waals surface area contributed by atoms with E-state index in [1.54, 1.807) is 0 Å². The minimum Gasteiger partial charge on any atom is -0.396 e. The molecule has 1 rings (SSSR count). The lowest BCUT2D eigenvalue weighted by Crippen LogP contribution is -2.39. The molecule has 0 aromatic carbocycles. The SMILES string of the molecule is CCc1cc(N(C)CC(C)(CO)CO)nc(C)n1. The van der Waals surface area contributed by atoms with Crippen LogP contribution in [-0.4, -0.2) is 47.0 Å². The normalized spacial score (nSPS) is 11.7. The van der Waals surface area contributed by atoms with E-state index >= 15 is 0 Å². The largest absolute Gasteiger partial charge is 0.396 e. The molecule has 0 atom stereocenters. The average molecular weight is 253 g/mol. The van der Waals surface area contributed by atoms with Crippen molar-refractivity contribution in [2.45, 2.75) is 27.2 Å². The van der Waals surface area contributed by atoms with Gasteiger partial charge in [0.1, 0.15) is 11.6 Å². The molecule has 0 radical (unpaired) electrons. The Hall–Kier alpha value is -1.20. The van der Waals surface area contributed by atoms with Crippen LogP contribution in [0.1, 0.15) is 25.4 Å². The zero-order valence-corrected chi connectivity index (χ0v) is 11.6. The van der Waals surface area contributed by atoms with Gasteiger partial charge in [0.25, 0.3) is 0 Å². The van der Waals surface area contributed by atoms with E-state index in [2.05, 4.69) is 16.9 Å². The molecule has 0 aliphatic carbocycles. The molecule has 0 amide bonds. The molecule has 0 unspecified atom stereocenters. The maximum absolute atomic E-state index is 9.32. The Balaban J connectivity index is 2.90. The molecular formula is C13H23N3O2. The Morgan fingerprint density at radius 3 is 2.39 bits per heavy atom. The van der Waals surface area contributed by atoms with E-state index in [0.717, 1.165) is 23.8 Å². The number of nitrogens with zero attached hydrogens (tertiary/aromatic N) is 3. The van der Waals surface area contributed by atoms with Gasteiger partial charge < -0.3 is 15.1 Å². The van der Waals surface area contributed by atoms with Crippen LogP contribution in [0.3, 0.4) is 0 Å². The van der Waals surface area contributed by atoms with Crippen LogP contribution < -0.4 is 4.90 Å². The van der Waals surface area contributed by atoms with E-state index in [-0.39, 0.29) is 13.2 Å². The molecule has 0 aliphatic rings. The first-order valence-corrected chi connectivity index (χ1v) is 6.21. The third-order valence-corrected chi connectivity index (χ3v) is 3.01. The van der Waals surface area contributed by atoms with Gasteiger partial charge in [0.05, 0.1) is 13.2 Å². The molecule has 5 heteroatoms. The topological polar surface area (TPSA) is 69.5 Å². The lowest BCUT2D eigenvalue weighted by Gasteiger charge is -2.31. The Morgan fingerprint density at radius 1 is 1.28 bits per heavy atom. The van der Waals surface area contributed by atoms with Crippen molar-refractivity contribution in [1.29, 1.82) is 0 Å². The number of aryl methyl sites for hydroxylation is 2. The number of aliphatic hydroxyl groups is 2. The molecule has 0 fully saturated rings. The zero-order valence-electron chi connectivity index (χ0n) is 11.6. The van der Waals surface area contributed by atoms with Crippen molar-refractivity contribution in [3.63, 3.8) is 0 Å². The highest BCUT2D eigenvalue weighted by Crippen LogP contribution is 2.20. The molecule has 0 saturated heterocycles. The number of hydrogen-bond donors (Lipinski definition) is 2. The summed E-state index contributed by atoms with van der Waals surface area (Å²) in [5.74, 6) is 1.57. The second-order valence-electron chi connectivity index (χ2n) is 5.10. The molecule has 1 aromatic heterocycles. The number of aromatic nitrogens is 2. The van der Waals surface area contributed by atoms with Gasteiger partial charge in [-0.25, -0.2) is 9.97 Å². The minimum absolute atomic E-state index is 0.0570. The molecular weight excluding hydrogens is 230 g/mol. The summed E-state index contributed by atoms with van der Waals surface area (Å²) in [6.45, 7) is 6.19. The van der Waals surface area contributed by atoms with Gasteiger partial charge in [0.15, 0.2) is 0 Å². The third kappa shape index (κ3) is 3.65. The van der Waals surface area contributed by atoms with Crippen LogP contribution in [-0.2, 0) is 6.42 Å². The van der Waals surface area contributed by atoms with Crippen molar-refractivity contribution < 1.29 is 10.2 Å². The van der Waals surface area contributed by atoms with E-state index in [0.29, 0.717) is 6.54 Å². The van der Waals surface area contributed by atoms with Gasteiger partial charge in [-0.15, -0.1) is 0 Å². The summed E-state index contributed by atoms with van der Waals surface area (Å²) in [4.78, 5) is 10.7. The van der Waals surface area contributed by atoms with Gasteiger partial charge in [0.2, 0.25) is 0 Å². The second-order valence-corrected chi connectivity index (χ2v) is 5.10. The van der Waals surface area contributed by atoms with Gasteiger partial charge in [-0.1, -0.05) is 13.8 Å². The fourth-order valence-corrected chi connectivity index (χ4v) is 1.79. The van der Waals surface area contributed by atoms with Crippen LogP contribution in [0.15, 0.2) is 6.07 Å². The highest BCUT2D eigenvalue weighted by molar-refractivity contribution is 5.39. The molecule has 2 N–H and O–H groups in total. The van der Waals surface area contributed by atoms with Crippen LogP contribution in [0.5, 0.6) is 0 Å². The first-order valence-electron chi connectivity index (χ1n) is 6.21. The summed E-state index contributed by atoms with van der Waals surface area (Å²) in [6, 6.07) is 1.95. The van der Waals surface area contributed by atoms with Gasteiger partial charge in [-0.2, -0.15) is 0 Å². The van der Waals surface area contributed by atoms with Gasteiger partial charge in [-0.3, -0.25) is 0 Å². The van der Waals surface area contributed by atoms with E-state index < -0.39 is 5.41 Å². The lowest BCUT2D eigenvalue weighted by atomic mass is 9.92. The first-order chi connectivity index (χ1) is 8.44. The Bertz CT molecular complexity index is 392. The number of aliphatic hydroxyl groups excluding tert-OH is 2. The fraction of sp³-hybridized carbons (Fsp3) is 0.692. The molecule has 0 spiro atoms. The Kier molecular flexibility index (Phi) is 5.04. The maximum Gasteiger partial charge on any atom is 0.132 e. The number of hydrogen-bond acceptors (Lipinski definition) is 5. The minimum atomic E-state index is -0.528. The first kappa shape index (κ1) is 14.9. The fourth-order valence-electron chi connectivity index (χ4n) is 1.79. The second kappa shape index (κ2) is 6.11. The quantitative estimate of drug-likeness (QED) is 0.784. The van der Waals surface area contributed by atoms with Crippen molar-refractivity contribution in [1.82, 2.24) is 9.97 Å². The van der Waals surface area contributed by atoms with Gasteiger partial charge in [0, 0.05) is 30.8 Å². The molecule has 0 aliphatic heterocycles. The van der Waals surface area contributed by atoms with Gasteiger partial charge in [-0.05, 0) is 13.3 Å². The monoisotopic (exact) mass is 253 g/mol. The van der Waals surface area contributed by atoms with Crippen LogP contribution in [0.25, 0.3) is 0 Å². The molecule has 1 aromatic rings. The third-order valence-electron chi connectivity index (χ3n) is 3.01. The van der Waals surface area contributed by atoms with Crippen molar-refractivity contribution in [2.24, 2.45) is 5.41 Å². The van der Waals surface area contributed by atoms with Crippen molar-refractivity contribution >= 4 is 5.82 Å². The highest BCUT2D eigenvalue weighted by atomic mass is 16.3. The van der Waals surface area contributed by atoms with E-state index in [9.17, 15) is 10.2 Å². The van der Waals surface area contributed by atoms with E-state index in [1.165, 1.54) is 0 Å². The zero-order chi connectivity index (χ0) is 13.8. The molecule has 18 heavy (non-hydrogen) atoms. The molecule has 1 heterocycles. The summed E-state index contributed by atoms with van der Waals surface area (Å²) in [5.41, 5.74) is 0.471. The lowest BCUT2D eigenvalue weighted by molar-refractivity contribution is 0.0761. The molecule has 0 saturated carbocycles. The van der Waals surface area contributed by atoms with Gasteiger partial charge >= 0.3 is 0 Å². The summed E-state index contributed by atoms with van der Waals surface area (Å²) in [6.07, 6.45) is 0.863. The van der Waals surface area contributed by atoms with E-state index in [4.69, 9.17) is 0 Å². The number of anilines is 1. The highest BCUT2D eigenvalue weighted by Gasteiger charge is 2.25. The summed E-state index contributed by atoms with van der Waals surface area (Å²) >= 11 is 0. The van der Waals surface area contributed by atoms with Crippen LogP contribution >= 0.6 is 0 Å². The van der Waals surface area contributed by atoms with Crippen molar-refractivity contribution in [3.05, 3.63) is 17.6 Å². The predicted octanol–water partition coefficient (Wildman–Crippen LogP) is 0.775.